The van der Waals surface area contributed by atoms with Crippen molar-refractivity contribution in [1.29, 1.82) is 5.26 Å². The summed E-state index contributed by atoms with van der Waals surface area (Å²) in [6.07, 6.45) is 0. The van der Waals surface area contributed by atoms with Crippen LogP contribution in [0.1, 0.15) is 16.1 Å². The Morgan fingerprint density at radius 1 is 0.903 bits per heavy atom. The maximum atomic E-state index is 13.2. The van der Waals surface area contributed by atoms with Gasteiger partial charge in [0.2, 0.25) is 17.5 Å². The molecule has 31 heavy (non-hydrogen) atoms. The minimum Gasteiger partial charge on any atom is -0.419 e. The summed E-state index contributed by atoms with van der Waals surface area (Å²) in [5.74, 6) is 0.930. The molecule has 0 radical (unpaired) electrons. The molecule has 1 saturated heterocycles. The van der Waals surface area contributed by atoms with Gasteiger partial charge < -0.3 is 14.2 Å². The normalized spacial score (nSPS) is 13.9. The number of carbonyl (C=O) groups excluding carboxylic acids is 1. The highest BCUT2D eigenvalue weighted by Gasteiger charge is 2.27. The molecule has 0 unspecified atom stereocenters. The average molecular weight is 408 g/mol. The quantitative estimate of drug-likeness (QED) is 0.505. The van der Waals surface area contributed by atoms with Crippen molar-refractivity contribution in [3.63, 3.8) is 0 Å². The van der Waals surface area contributed by atoms with E-state index in [0.29, 0.717) is 38.0 Å². The molecule has 0 saturated carbocycles. The highest BCUT2D eigenvalue weighted by molar-refractivity contribution is 6.07. The van der Waals surface area contributed by atoms with Gasteiger partial charge in [0.1, 0.15) is 6.07 Å². The van der Waals surface area contributed by atoms with Crippen LogP contribution in [0.15, 0.2) is 77.2 Å². The third-order valence-corrected chi connectivity index (χ3v) is 5.61. The third kappa shape index (κ3) is 3.51. The maximum Gasteiger partial charge on any atom is 0.254 e. The zero-order valence-corrected chi connectivity index (χ0v) is 16.9. The van der Waals surface area contributed by atoms with Crippen LogP contribution < -0.4 is 4.90 Å². The Morgan fingerprint density at radius 3 is 2.39 bits per heavy atom. The largest absolute Gasteiger partial charge is 0.419 e. The number of benzene rings is 3. The van der Waals surface area contributed by atoms with Crippen LogP contribution in [0.3, 0.4) is 0 Å². The van der Waals surface area contributed by atoms with E-state index in [2.05, 4.69) is 11.1 Å². The molecule has 5 rings (SSSR count). The molecule has 0 spiro atoms. The Hall–Kier alpha value is -4.11. The number of hydrogen-bond acceptors (Lipinski definition) is 5. The number of carbonyl (C=O) groups is 1. The average Bonchev–Trinajstić information content (AvgIpc) is 3.28. The van der Waals surface area contributed by atoms with Gasteiger partial charge in [-0.25, -0.2) is 0 Å². The molecule has 0 aliphatic carbocycles. The number of nitrogens with zero attached hydrogens (tertiary/aromatic N) is 4. The van der Waals surface area contributed by atoms with E-state index in [0.717, 1.165) is 21.9 Å². The highest BCUT2D eigenvalue weighted by Crippen LogP contribution is 2.29. The first-order valence-electron chi connectivity index (χ1n) is 10.2. The minimum absolute atomic E-state index is 0.0273. The van der Waals surface area contributed by atoms with Crippen molar-refractivity contribution in [2.75, 3.05) is 31.1 Å². The van der Waals surface area contributed by atoms with Crippen molar-refractivity contribution in [2.24, 2.45) is 0 Å². The first-order chi connectivity index (χ1) is 15.2. The predicted octanol–water partition coefficient (Wildman–Crippen LogP) is 4.33. The van der Waals surface area contributed by atoms with Gasteiger partial charge in [0.25, 0.3) is 5.91 Å². The molecule has 6 heteroatoms. The second kappa shape index (κ2) is 7.96. The summed E-state index contributed by atoms with van der Waals surface area (Å²) in [5, 5.41) is 11.6. The van der Waals surface area contributed by atoms with Crippen molar-refractivity contribution < 1.29 is 9.21 Å². The zero-order chi connectivity index (χ0) is 21.2. The number of oxazole rings is 1. The number of nitriles is 1. The van der Waals surface area contributed by atoms with E-state index in [-0.39, 0.29) is 11.6 Å². The Bertz CT molecular complexity index is 1280. The number of aromatic nitrogens is 1. The van der Waals surface area contributed by atoms with E-state index in [1.165, 1.54) is 0 Å². The molecule has 3 aromatic carbocycles. The molecule has 1 aromatic heterocycles. The van der Waals surface area contributed by atoms with Crippen molar-refractivity contribution in [1.82, 2.24) is 9.88 Å². The van der Waals surface area contributed by atoms with Gasteiger partial charge in [-0.15, -0.1) is 0 Å². The van der Waals surface area contributed by atoms with Gasteiger partial charge in [-0.1, -0.05) is 54.6 Å². The fraction of sp³-hybridized carbons (Fsp3) is 0.160. The van der Waals surface area contributed by atoms with Crippen LogP contribution in [0.5, 0.6) is 0 Å². The third-order valence-electron chi connectivity index (χ3n) is 5.61. The molecule has 1 fully saturated rings. The van der Waals surface area contributed by atoms with Gasteiger partial charge in [0.15, 0.2) is 0 Å². The lowest BCUT2D eigenvalue weighted by Crippen LogP contribution is -2.49. The van der Waals surface area contributed by atoms with Crippen LogP contribution in [-0.4, -0.2) is 42.0 Å². The Morgan fingerprint density at radius 2 is 1.61 bits per heavy atom. The number of rotatable bonds is 3. The first kappa shape index (κ1) is 18.9. The van der Waals surface area contributed by atoms with Crippen LogP contribution in [0, 0.1) is 11.3 Å². The van der Waals surface area contributed by atoms with Crippen LogP contribution in [-0.2, 0) is 0 Å². The lowest BCUT2D eigenvalue weighted by molar-refractivity contribution is 0.0747. The predicted molar refractivity (Wildman–Crippen MR) is 119 cm³/mol. The Balaban J connectivity index is 1.34. The molecule has 2 heterocycles. The molecule has 1 aliphatic heterocycles. The lowest BCUT2D eigenvalue weighted by Gasteiger charge is -2.34. The van der Waals surface area contributed by atoms with E-state index < -0.39 is 0 Å². The minimum atomic E-state index is 0.0273. The molecule has 152 valence electrons. The van der Waals surface area contributed by atoms with Crippen LogP contribution >= 0.6 is 0 Å². The van der Waals surface area contributed by atoms with Crippen molar-refractivity contribution >= 4 is 22.6 Å². The molecule has 0 N–H and O–H groups in total. The molecule has 6 nitrogen and oxygen atoms in total. The van der Waals surface area contributed by atoms with Crippen molar-refractivity contribution in [2.45, 2.75) is 0 Å². The molecule has 0 bridgehead atoms. The van der Waals surface area contributed by atoms with Crippen molar-refractivity contribution in [3.8, 4) is 17.5 Å². The van der Waals surface area contributed by atoms with Gasteiger partial charge in [-0.3, -0.25) is 4.79 Å². The summed E-state index contributed by atoms with van der Waals surface area (Å²) in [7, 11) is 0. The summed E-state index contributed by atoms with van der Waals surface area (Å²) in [6, 6.07) is 25.4. The van der Waals surface area contributed by atoms with Gasteiger partial charge in [-0.05, 0) is 29.0 Å². The molecule has 1 amide bonds. The van der Waals surface area contributed by atoms with Crippen molar-refractivity contribution in [3.05, 3.63) is 84.1 Å². The van der Waals surface area contributed by atoms with Crippen LogP contribution in [0.2, 0.25) is 0 Å². The number of amides is 1. The fourth-order valence-corrected chi connectivity index (χ4v) is 4.00. The van der Waals surface area contributed by atoms with Gasteiger partial charge in [-0.2, -0.15) is 10.2 Å². The standard InChI is InChI=1S/C25H20N4O2/c26-17-22-25(31-23(27-22)19-8-2-1-3-9-19)29-15-13-28(14-16-29)24(30)21-12-6-10-18-7-4-5-11-20(18)21/h1-12H,13-16H2. The SMILES string of the molecule is N#Cc1nc(-c2ccccc2)oc1N1CCN(C(=O)c2cccc3ccccc23)CC1. The lowest BCUT2D eigenvalue weighted by atomic mass is 10.0. The van der Waals surface area contributed by atoms with Crippen LogP contribution in [0.4, 0.5) is 5.88 Å². The summed E-state index contributed by atoms with van der Waals surface area (Å²) in [5.41, 5.74) is 1.82. The zero-order valence-electron chi connectivity index (χ0n) is 16.9. The second-order valence-electron chi connectivity index (χ2n) is 7.46. The molecule has 0 atom stereocenters. The Labute approximate surface area is 179 Å². The van der Waals surface area contributed by atoms with E-state index >= 15 is 0 Å². The van der Waals surface area contributed by atoms with Gasteiger partial charge in [0, 0.05) is 37.3 Å². The van der Waals surface area contributed by atoms with E-state index in [1.54, 1.807) is 0 Å². The Kier molecular flexibility index (Phi) is 4.85. The topological polar surface area (TPSA) is 73.4 Å². The number of piperazine rings is 1. The number of hydrogen-bond donors (Lipinski definition) is 0. The summed E-state index contributed by atoms with van der Waals surface area (Å²) in [6.45, 7) is 2.26. The fourth-order valence-electron chi connectivity index (χ4n) is 4.00. The van der Waals surface area contributed by atoms with E-state index in [9.17, 15) is 10.1 Å². The number of fused-ring (bicyclic) bond motifs is 1. The van der Waals surface area contributed by atoms with E-state index in [4.69, 9.17) is 4.42 Å². The van der Waals surface area contributed by atoms with Gasteiger partial charge in [0.05, 0.1) is 0 Å². The first-order valence-corrected chi connectivity index (χ1v) is 10.2. The molecular weight excluding hydrogens is 388 g/mol. The summed E-state index contributed by atoms with van der Waals surface area (Å²) >= 11 is 0. The maximum absolute atomic E-state index is 13.2. The smallest absolute Gasteiger partial charge is 0.254 e. The number of anilines is 1. The second-order valence-corrected chi connectivity index (χ2v) is 7.46. The summed E-state index contributed by atoms with van der Waals surface area (Å²) in [4.78, 5) is 21.4. The molecular formula is C25H20N4O2. The van der Waals surface area contributed by atoms with E-state index in [1.807, 2.05) is 82.6 Å². The monoisotopic (exact) mass is 408 g/mol. The molecule has 1 aliphatic rings. The van der Waals surface area contributed by atoms with Gasteiger partial charge >= 0.3 is 0 Å². The highest BCUT2D eigenvalue weighted by atomic mass is 16.4. The van der Waals surface area contributed by atoms with Crippen LogP contribution in [0.25, 0.3) is 22.2 Å². The molecule has 4 aromatic rings. The summed E-state index contributed by atoms with van der Waals surface area (Å²) < 4.78 is 5.96.